The zero-order valence-corrected chi connectivity index (χ0v) is 17.8. The molecule has 0 radical (unpaired) electrons. The summed E-state index contributed by atoms with van der Waals surface area (Å²) in [5, 5.41) is 21.3. The van der Waals surface area contributed by atoms with Crippen LogP contribution in [-0.2, 0) is 11.3 Å². The number of aromatic nitrogens is 3. The number of carbonyl (C=O) groups is 1. The third kappa shape index (κ3) is 5.81. The summed E-state index contributed by atoms with van der Waals surface area (Å²) in [6.07, 6.45) is 3.06. The highest BCUT2D eigenvalue weighted by atomic mass is 32.2. The maximum Gasteiger partial charge on any atom is 0.234 e. The third-order valence-corrected chi connectivity index (χ3v) is 5.36. The number of thioether (sulfide) groups is 1. The molecule has 2 aromatic rings. The van der Waals surface area contributed by atoms with Gasteiger partial charge in [0.1, 0.15) is 0 Å². The molecular weight excluding hydrogens is 372 g/mol. The zero-order valence-electron chi connectivity index (χ0n) is 17.0. The van der Waals surface area contributed by atoms with Crippen LogP contribution in [0, 0.1) is 11.3 Å². The van der Waals surface area contributed by atoms with E-state index in [1.807, 2.05) is 14.1 Å². The van der Waals surface area contributed by atoms with Crippen LogP contribution in [0.4, 0.5) is 5.69 Å². The molecule has 1 amide bonds. The molecule has 150 valence electrons. The summed E-state index contributed by atoms with van der Waals surface area (Å²) >= 11 is 1.39. The van der Waals surface area contributed by atoms with Crippen molar-refractivity contribution in [2.45, 2.75) is 50.9 Å². The highest BCUT2D eigenvalue weighted by Crippen LogP contribution is 2.25. The molecule has 2 rings (SSSR count). The van der Waals surface area contributed by atoms with Gasteiger partial charge in [-0.3, -0.25) is 9.69 Å². The Morgan fingerprint density at radius 1 is 1.36 bits per heavy atom. The first-order valence-corrected chi connectivity index (χ1v) is 10.5. The Bertz CT molecular complexity index is 826. The first-order valence-electron chi connectivity index (χ1n) is 9.52. The number of carbonyl (C=O) groups excluding carboxylic acids is 1. The van der Waals surface area contributed by atoms with Gasteiger partial charge in [-0.25, -0.2) is 0 Å². The number of anilines is 1. The Morgan fingerprint density at radius 3 is 2.79 bits per heavy atom. The lowest BCUT2D eigenvalue weighted by Gasteiger charge is -2.23. The molecule has 1 aromatic carbocycles. The van der Waals surface area contributed by atoms with Gasteiger partial charge in [0.25, 0.3) is 0 Å². The first kappa shape index (κ1) is 21.9. The number of hydrogen-bond acceptors (Lipinski definition) is 6. The molecule has 1 atom stereocenters. The Labute approximate surface area is 171 Å². The Hall–Kier alpha value is -2.37. The van der Waals surface area contributed by atoms with Crippen LogP contribution in [0.1, 0.15) is 50.5 Å². The number of benzene rings is 1. The predicted molar refractivity (Wildman–Crippen MR) is 112 cm³/mol. The summed E-state index contributed by atoms with van der Waals surface area (Å²) in [5.41, 5.74) is 1.14. The first-order chi connectivity index (χ1) is 13.5. The standard InChI is InChI=1S/C20H28N6OS/c1-5-7-11-26-19(17(6-2)25(3)4)23-24-20(26)28-14-18(27)22-16-10-8-9-15(12-16)13-21/h8-10,12,17H,5-7,11,14H2,1-4H3,(H,22,27)/t17-/m0/s1. The van der Waals surface area contributed by atoms with Crippen LogP contribution in [-0.4, -0.2) is 45.4 Å². The molecule has 0 bridgehead atoms. The number of rotatable bonds is 10. The van der Waals surface area contributed by atoms with Crippen LogP contribution >= 0.6 is 11.8 Å². The van der Waals surface area contributed by atoms with Gasteiger partial charge >= 0.3 is 0 Å². The molecule has 0 aliphatic heterocycles. The van der Waals surface area contributed by atoms with Gasteiger partial charge in [0, 0.05) is 12.2 Å². The van der Waals surface area contributed by atoms with E-state index < -0.39 is 0 Å². The lowest BCUT2D eigenvalue weighted by molar-refractivity contribution is -0.113. The van der Waals surface area contributed by atoms with Gasteiger partial charge in [0.2, 0.25) is 5.91 Å². The fourth-order valence-electron chi connectivity index (χ4n) is 2.95. The number of nitrogens with zero attached hydrogens (tertiary/aromatic N) is 5. The smallest absolute Gasteiger partial charge is 0.234 e. The van der Waals surface area contributed by atoms with Crippen molar-refractivity contribution >= 4 is 23.4 Å². The van der Waals surface area contributed by atoms with Crippen molar-refractivity contribution in [3.05, 3.63) is 35.7 Å². The van der Waals surface area contributed by atoms with Gasteiger partial charge in [-0.2, -0.15) is 5.26 Å². The number of amides is 1. The molecular formula is C20H28N6OS. The summed E-state index contributed by atoms with van der Waals surface area (Å²) in [6.45, 7) is 5.14. The van der Waals surface area contributed by atoms with E-state index in [1.165, 1.54) is 11.8 Å². The van der Waals surface area contributed by atoms with E-state index in [-0.39, 0.29) is 17.7 Å². The Balaban J connectivity index is 2.08. The predicted octanol–water partition coefficient (Wildman–Crippen LogP) is 3.69. The molecule has 1 aromatic heterocycles. The van der Waals surface area contributed by atoms with Gasteiger partial charge in [-0.15, -0.1) is 10.2 Å². The minimum absolute atomic E-state index is 0.133. The molecule has 1 N–H and O–H groups in total. The van der Waals surface area contributed by atoms with Crippen LogP contribution in [0.25, 0.3) is 0 Å². The van der Waals surface area contributed by atoms with Crippen molar-refractivity contribution in [3.8, 4) is 6.07 Å². The van der Waals surface area contributed by atoms with E-state index in [4.69, 9.17) is 5.26 Å². The van der Waals surface area contributed by atoms with Crippen LogP contribution < -0.4 is 5.32 Å². The average Bonchev–Trinajstić information content (AvgIpc) is 3.07. The minimum Gasteiger partial charge on any atom is -0.325 e. The zero-order chi connectivity index (χ0) is 20.5. The highest BCUT2D eigenvalue weighted by Gasteiger charge is 2.22. The molecule has 1 heterocycles. The van der Waals surface area contributed by atoms with Crippen molar-refractivity contribution in [1.82, 2.24) is 19.7 Å². The van der Waals surface area contributed by atoms with Crippen LogP contribution in [0.2, 0.25) is 0 Å². The van der Waals surface area contributed by atoms with E-state index >= 15 is 0 Å². The quantitative estimate of drug-likeness (QED) is 0.612. The third-order valence-electron chi connectivity index (χ3n) is 4.40. The van der Waals surface area contributed by atoms with Gasteiger partial charge in [-0.1, -0.05) is 38.1 Å². The monoisotopic (exact) mass is 400 g/mol. The van der Waals surface area contributed by atoms with Crippen molar-refractivity contribution < 1.29 is 4.79 Å². The van der Waals surface area contributed by atoms with Gasteiger partial charge < -0.3 is 9.88 Å². The molecule has 0 saturated heterocycles. The van der Waals surface area contributed by atoms with E-state index in [0.717, 1.165) is 36.8 Å². The van der Waals surface area contributed by atoms with E-state index in [1.54, 1.807) is 24.3 Å². The SMILES string of the molecule is CCCCn1c(SCC(=O)Nc2cccc(C#N)c2)nnc1[C@H](CC)N(C)C. The summed E-state index contributed by atoms with van der Waals surface area (Å²) in [6, 6.07) is 9.16. The number of nitriles is 1. The molecule has 0 spiro atoms. The van der Waals surface area contributed by atoms with Crippen molar-refractivity contribution in [2.24, 2.45) is 0 Å². The molecule has 0 aliphatic rings. The number of nitrogens with one attached hydrogen (secondary N) is 1. The van der Waals surface area contributed by atoms with Crippen molar-refractivity contribution in [2.75, 3.05) is 25.2 Å². The summed E-state index contributed by atoms with van der Waals surface area (Å²) in [7, 11) is 4.09. The Morgan fingerprint density at radius 2 is 2.14 bits per heavy atom. The molecule has 0 saturated carbocycles. The van der Waals surface area contributed by atoms with E-state index in [9.17, 15) is 4.79 Å². The van der Waals surface area contributed by atoms with Crippen molar-refractivity contribution in [3.63, 3.8) is 0 Å². The Kier molecular flexibility index (Phi) is 8.48. The fraction of sp³-hybridized carbons (Fsp3) is 0.500. The van der Waals surface area contributed by atoms with Crippen molar-refractivity contribution in [1.29, 1.82) is 5.26 Å². The number of unbranched alkanes of at least 4 members (excludes halogenated alkanes) is 1. The normalized spacial score (nSPS) is 12.0. The minimum atomic E-state index is -0.133. The molecule has 0 fully saturated rings. The maximum absolute atomic E-state index is 12.3. The average molecular weight is 401 g/mol. The van der Waals surface area contributed by atoms with Crippen LogP contribution in [0.3, 0.4) is 0 Å². The van der Waals surface area contributed by atoms with Gasteiger partial charge in [0.15, 0.2) is 11.0 Å². The molecule has 0 aliphatic carbocycles. The second-order valence-corrected chi connectivity index (χ2v) is 7.71. The number of hydrogen-bond donors (Lipinski definition) is 1. The lowest BCUT2D eigenvalue weighted by Crippen LogP contribution is -2.23. The largest absolute Gasteiger partial charge is 0.325 e. The van der Waals surface area contributed by atoms with Gasteiger partial charge in [0.05, 0.1) is 23.4 Å². The maximum atomic E-state index is 12.3. The second-order valence-electron chi connectivity index (χ2n) is 6.76. The van der Waals surface area contributed by atoms with Crippen LogP contribution in [0.15, 0.2) is 29.4 Å². The molecule has 0 unspecified atom stereocenters. The molecule has 8 heteroatoms. The summed E-state index contributed by atoms with van der Waals surface area (Å²) < 4.78 is 2.14. The summed E-state index contributed by atoms with van der Waals surface area (Å²) in [4.78, 5) is 14.5. The van der Waals surface area contributed by atoms with Gasteiger partial charge in [-0.05, 0) is 45.1 Å². The van der Waals surface area contributed by atoms with E-state index in [2.05, 4.69) is 44.9 Å². The lowest BCUT2D eigenvalue weighted by atomic mass is 10.2. The fourth-order valence-corrected chi connectivity index (χ4v) is 3.72. The van der Waals surface area contributed by atoms with Crippen LogP contribution in [0.5, 0.6) is 0 Å². The highest BCUT2D eigenvalue weighted by molar-refractivity contribution is 7.99. The second kappa shape index (κ2) is 10.8. The summed E-state index contributed by atoms with van der Waals surface area (Å²) in [5.74, 6) is 1.05. The molecule has 7 nitrogen and oxygen atoms in total. The van der Waals surface area contributed by atoms with E-state index in [0.29, 0.717) is 11.3 Å². The topological polar surface area (TPSA) is 86.8 Å². The molecule has 28 heavy (non-hydrogen) atoms.